The molecule has 124 valence electrons. The fourth-order valence-electron chi connectivity index (χ4n) is 2.78. The van der Waals surface area contributed by atoms with Gasteiger partial charge in [-0.2, -0.15) is 5.10 Å². The summed E-state index contributed by atoms with van der Waals surface area (Å²) in [6, 6.07) is 16.0. The SMILES string of the molecule is C[C@H](NC(=O)c1n[nH]c2ccccc2c1=O)c1cc2ccccc2o1. The van der Waals surface area contributed by atoms with Crippen molar-refractivity contribution in [2.75, 3.05) is 0 Å². The lowest BCUT2D eigenvalue weighted by Gasteiger charge is -2.10. The maximum absolute atomic E-state index is 12.5. The number of amides is 1. The van der Waals surface area contributed by atoms with E-state index in [1.807, 2.05) is 30.3 Å². The van der Waals surface area contributed by atoms with Gasteiger partial charge in [-0.25, -0.2) is 0 Å². The van der Waals surface area contributed by atoms with Gasteiger partial charge in [0.1, 0.15) is 11.3 Å². The minimum atomic E-state index is -0.542. The fraction of sp³-hybridized carbons (Fsp3) is 0.105. The van der Waals surface area contributed by atoms with Gasteiger partial charge in [0.15, 0.2) is 5.69 Å². The van der Waals surface area contributed by atoms with Gasteiger partial charge >= 0.3 is 0 Å². The van der Waals surface area contributed by atoms with Crippen molar-refractivity contribution in [3.8, 4) is 0 Å². The first-order valence-electron chi connectivity index (χ1n) is 7.90. The average molecular weight is 333 g/mol. The Morgan fingerprint density at radius 1 is 1.16 bits per heavy atom. The lowest BCUT2D eigenvalue weighted by molar-refractivity contribution is 0.0928. The van der Waals surface area contributed by atoms with E-state index in [4.69, 9.17) is 4.42 Å². The summed E-state index contributed by atoms with van der Waals surface area (Å²) in [7, 11) is 0. The van der Waals surface area contributed by atoms with Crippen LogP contribution in [0.4, 0.5) is 0 Å². The number of hydrogen-bond acceptors (Lipinski definition) is 4. The predicted molar refractivity (Wildman–Crippen MR) is 94.5 cm³/mol. The van der Waals surface area contributed by atoms with Crippen LogP contribution in [-0.4, -0.2) is 16.1 Å². The summed E-state index contributed by atoms with van der Waals surface area (Å²) in [4.78, 5) is 24.9. The Morgan fingerprint density at radius 3 is 2.76 bits per heavy atom. The molecule has 6 heteroatoms. The second-order valence-electron chi connectivity index (χ2n) is 5.83. The van der Waals surface area contributed by atoms with E-state index in [0.717, 1.165) is 11.0 Å². The monoisotopic (exact) mass is 333 g/mol. The summed E-state index contributed by atoms with van der Waals surface area (Å²) in [6.07, 6.45) is 0. The number of carbonyl (C=O) groups excluding carboxylic acids is 1. The molecule has 1 amide bonds. The van der Waals surface area contributed by atoms with Crippen LogP contribution < -0.4 is 10.7 Å². The highest BCUT2D eigenvalue weighted by Gasteiger charge is 2.19. The van der Waals surface area contributed by atoms with E-state index in [2.05, 4.69) is 15.5 Å². The zero-order valence-electron chi connectivity index (χ0n) is 13.4. The van der Waals surface area contributed by atoms with Crippen molar-refractivity contribution in [3.05, 3.63) is 76.3 Å². The molecule has 0 unspecified atom stereocenters. The molecule has 6 nitrogen and oxygen atoms in total. The van der Waals surface area contributed by atoms with Gasteiger partial charge in [-0.3, -0.25) is 14.7 Å². The number of furan rings is 1. The summed E-state index contributed by atoms with van der Waals surface area (Å²) in [6.45, 7) is 1.80. The first-order valence-corrected chi connectivity index (χ1v) is 7.90. The molecule has 2 aromatic heterocycles. The Kier molecular flexibility index (Phi) is 3.57. The third-order valence-corrected chi connectivity index (χ3v) is 4.11. The standard InChI is InChI=1S/C19H15N3O3/c1-11(16-10-12-6-2-5-9-15(12)25-16)20-19(24)17-18(23)13-7-3-4-8-14(13)21-22-17/h2-11H,1H3,(H,20,24)(H,21,23)/t11-/m0/s1. The number of fused-ring (bicyclic) bond motifs is 2. The highest BCUT2D eigenvalue weighted by atomic mass is 16.3. The van der Waals surface area contributed by atoms with Crippen LogP contribution in [0.3, 0.4) is 0 Å². The molecule has 2 heterocycles. The Hall–Kier alpha value is -3.41. The highest BCUT2D eigenvalue weighted by molar-refractivity contribution is 5.95. The molecule has 1 atom stereocenters. The lowest BCUT2D eigenvalue weighted by atomic mass is 10.2. The molecule has 0 saturated heterocycles. The van der Waals surface area contributed by atoms with E-state index in [1.165, 1.54) is 0 Å². The molecule has 2 N–H and O–H groups in total. The fourth-order valence-corrected chi connectivity index (χ4v) is 2.78. The summed E-state index contributed by atoms with van der Waals surface area (Å²) >= 11 is 0. The van der Waals surface area contributed by atoms with Gasteiger partial charge in [0.25, 0.3) is 5.91 Å². The average Bonchev–Trinajstić information content (AvgIpc) is 3.06. The number of hydrogen-bond donors (Lipinski definition) is 2. The number of nitrogens with one attached hydrogen (secondary N) is 2. The van der Waals surface area contributed by atoms with Crippen LogP contribution in [0, 0.1) is 0 Å². The van der Waals surface area contributed by atoms with Gasteiger partial charge in [0.05, 0.1) is 11.6 Å². The number of rotatable bonds is 3. The van der Waals surface area contributed by atoms with Crippen molar-refractivity contribution >= 4 is 27.8 Å². The van der Waals surface area contributed by atoms with Gasteiger partial charge in [-0.15, -0.1) is 0 Å². The molecule has 0 aliphatic carbocycles. The summed E-state index contributed by atoms with van der Waals surface area (Å²) in [5.74, 6) is 0.0757. The number of nitrogens with zero attached hydrogens (tertiary/aromatic N) is 1. The molecule has 4 aromatic rings. The highest BCUT2D eigenvalue weighted by Crippen LogP contribution is 2.23. The number of aromatic amines is 1. The molecule has 0 radical (unpaired) electrons. The van der Waals surface area contributed by atoms with E-state index in [9.17, 15) is 9.59 Å². The molecular formula is C19H15N3O3. The third kappa shape index (κ3) is 2.67. The normalized spacial score (nSPS) is 12.4. The Morgan fingerprint density at radius 2 is 1.92 bits per heavy atom. The van der Waals surface area contributed by atoms with Crippen LogP contribution in [0.2, 0.25) is 0 Å². The molecule has 0 bridgehead atoms. The largest absolute Gasteiger partial charge is 0.459 e. The van der Waals surface area contributed by atoms with Crippen LogP contribution in [-0.2, 0) is 0 Å². The van der Waals surface area contributed by atoms with Crippen LogP contribution in [0.5, 0.6) is 0 Å². The van der Waals surface area contributed by atoms with Gasteiger partial charge in [-0.05, 0) is 31.2 Å². The molecule has 0 spiro atoms. The van der Waals surface area contributed by atoms with Crippen molar-refractivity contribution in [3.63, 3.8) is 0 Å². The molecule has 25 heavy (non-hydrogen) atoms. The molecule has 0 aliphatic rings. The maximum atomic E-state index is 12.5. The number of para-hydroxylation sites is 2. The third-order valence-electron chi connectivity index (χ3n) is 4.11. The minimum Gasteiger partial charge on any atom is -0.459 e. The Labute approximate surface area is 142 Å². The molecule has 0 fully saturated rings. The number of aromatic nitrogens is 2. The molecule has 4 rings (SSSR count). The molecule has 0 saturated carbocycles. The van der Waals surface area contributed by atoms with E-state index in [-0.39, 0.29) is 5.69 Å². The van der Waals surface area contributed by atoms with Gasteiger partial charge in [0.2, 0.25) is 5.43 Å². The maximum Gasteiger partial charge on any atom is 0.276 e. The van der Waals surface area contributed by atoms with Crippen molar-refractivity contribution < 1.29 is 9.21 Å². The van der Waals surface area contributed by atoms with E-state index >= 15 is 0 Å². The number of H-pyrrole nitrogens is 1. The minimum absolute atomic E-state index is 0.165. The van der Waals surface area contributed by atoms with Crippen LogP contribution in [0.25, 0.3) is 21.9 Å². The van der Waals surface area contributed by atoms with Gasteiger partial charge in [0, 0.05) is 10.8 Å². The van der Waals surface area contributed by atoms with Crippen molar-refractivity contribution in [2.45, 2.75) is 13.0 Å². The molecular weight excluding hydrogens is 318 g/mol. The van der Waals surface area contributed by atoms with E-state index < -0.39 is 17.4 Å². The zero-order valence-corrected chi connectivity index (χ0v) is 13.4. The van der Waals surface area contributed by atoms with Crippen LogP contribution in [0.1, 0.15) is 29.2 Å². The van der Waals surface area contributed by atoms with Gasteiger partial charge in [-0.1, -0.05) is 30.3 Å². The lowest BCUT2D eigenvalue weighted by Crippen LogP contribution is -2.32. The van der Waals surface area contributed by atoms with E-state index in [0.29, 0.717) is 16.7 Å². The van der Waals surface area contributed by atoms with Crippen molar-refractivity contribution in [1.82, 2.24) is 15.5 Å². The zero-order chi connectivity index (χ0) is 17.4. The summed E-state index contributed by atoms with van der Waals surface area (Å²) in [5.41, 5.74) is 0.778. The molecule has 2 aromatic carbocycles. The summed E-state index contributed by atoms with van der Waals surface area (Å²) in [5, 5.41) is 10.8. The van der Waals surface area contributed by atoms with E-state index in [1.54, 1.807) is 31.2 Å². The van der Waals surface area contributed by atoms with Crippen molar-refractivity contribution in [1.29, 1.82) is 0 Å². The smallest absolute Gasteiger partial charge is 0.276 e. The predicted octanol–water partition coefficient (Wildman–Crippen LogP) is 3.16. The van der Waals surface area contributed by atoms with Crippen molar-refractivity contribution in [2.24, 2.45) is 0 Å². The van der Waals surface area contributed by atoms with Crippen LogP contribution >= 0.6 is 0 Å². The second-order valence-corrected chi connectivity index (χ2v) is 5.83. The van der Waals surface area contributed by atoms with Crippen LogP contribution in [0.15, 0.2) is 63.8 Å². The topological polar surface area (TPSA) is 88.0 Å². The first-order chi connectivity index (χ1) is 12.1. The first kappa shape index (κ1) is 15.1. The Bertz CT molecular complexity index is 1110. The number of benzene rings is 2. The van der Waals surface area contributed by atoms with Gasteiger partial charge < -0.3 is 9.73 Å². The Balaban J connectivity index is 1.63. The molecule has 0 aliphatic heterocycles. The summed E-state index contributed by atoms with van der Waals surface area (Å²) < 4.78 is 5.75. The second kappa shape index (κ2) is 5.90. The number of carbonyl (C=O) groups is 1. The quantitative estimate of drug-likeness (QED) is 0.603.